The van der Waals surface area contributed by atoms with Crippen LogP contribution < -0.4 is 5.73 Å². The van der Waals surface area contributed by atoms with Crippen LogP contribution in [-0.4, -0.2) is 31.7 Å². The molecule has 0 radical (unpaired) electrons. The summed E-state index contributed by atoms with van der Waals surface area (Å²) in [5.41, 5.74) is 5.24. The summed E-state index contributed by atoms with van der Waals surface area (Å²) in [7, 11) is -3.60. The second-order valence-electron chi connectivity index (χ2n) is 2.78. The van der Waals surface area contributed by atoms with E-state index in [-0.39, 0.29) is 18.0 Å². The molecule has 1 aromatic heterocycles. The van der Waals surface area contributed by atoms with Crippen molar-refractivity contribution in [1.82, 2.24) is 4.31 Å². The zero-order valence-corrected chi connectivity index (χ0v) is 8.77. The molecule has 5 nitrogen and oxygen atoms in total. The van der Waals surface area contributed by atoms with Crippen molar-refractivity contribution >= 4 is 27.3 Å². The van der Waals surface area contributed by atoms with Crippen LogP contribution in [-0.2, 0) is 10.0 Å². The Morgan fingerprint density at radius 3 is 2.79 bits per heavy atom. The molecule has 0 aliphatic carbocycles. The Hall–Kier alpha value is -0.920. The second kappa shape index (κ2) is 3.04. The summed E-state index contributed by atoms with van der Waals surface area (Å²) in [6, 6.07) is 1.45. The van der Waals surface area contributed by atoms with Gasteiger partial charge in [-0.25, -0.2) is 12.7 Å². The minimum absolute atomic E-state index is 0.0442. The second-order valence-corrected chi connectivity index (χ2v) is 5.53. The summed E-state index contributed by atoms with van der Waals surface area (Å²) in [5.74, 6) is -0.458. The normalized spacial score (nSPS) is 18.6. The van der Waals surface area contributed by atoms with E-state index in [2.05, 4.69) is 0 Å². The molecular weight excluding hydrogens is 224 g/mol. The largest absolute Gasteiger partial charge is 0.329 e. The maximum absolute atomic E-state index is 11.7. The van der Waals surface area contributed by atoms with E-state index in [1.807, 2.05) is 0 Å². The number of fused-ring (bicyclic) bond motifs is 1. The minimum atomic E-state index is -3.60. The van der Waals surface area contributed by atoms with Crippen molar-refractivity contribution in [3.05, 3.63) is 16.3 Å². The van der Waals surface area contributed by atoms with Crippen LogP contribution in [0.15, 0.2) is 16.3 Å². The zero-order valence-electron chi connectivity index (χ0n) is 7.13. The summed E-state index contributed by atoms with van der Waals surface area (Å²) in [4.78, 5) is 12.0. The van der Waals surface area contributed by atoms with Gasteiger partial charge in [0.25, 0.3) is 15.9 Å². The van der Waals surface area contributed by atoms with Gasteiger partial charge in [-0.1, -0.05) is 0 Å². The summed E-state index contributed by atoms with van der Waals surface area (Å²) in [6.45, 7) is 0.183. The van der Waals surface area contributed by atoms with E-state index in [0.717, 1.165) is 15.6 Å². The van der Waals surface area contributed by atoms with Gasteiger partial charge in [0.05, 0.1) is 0 Å². The summed E-state index contributed by atoms with van der Waals surface area (Å²) >= 11 is 1.14. The van der Waals surface area contributed by atoms with Gasteiger partial charge in [-0.15, -0.1) is 11.3 Å². The van der Waals surface area contributed by atoms with Crippen LogP contribution in [0.5, 0.6) is 0 Å². The van der Waals surface area contributed by atoms with Crippen LogP contribution in [0.3, 0.4) is 0 Å². The Labute approximate surface area is 85.2 Å². The van der Waals surface area contributed by atoms with Gasteiger partial charge in [-0.3, -0.25) is 4.79 Å². The fraction of sp³-hybridized carbons (Fsp3) is 0.286. The Morgan fingerprint density at radius 2 is 2.21 bits per heavy atom. The molecule has 0 fully saturated rings. The highest BCUT2D eigenvalue weighted by Crippen LogP contribution is 2.33. The maximum Gasteiger partial charge on any atom is 0.279 e. The Kier molecular flexibility index (Phi) is 2.09. The highest BCUT2D eigenvalue weighted by molar-refractivity contribution is 7.90. The third-order valence-corrected chi connectivity index (χ3v) is 4.81. The van der Waals surface area contributed by atoms with E-state index in [0.29, 0.717) is 4.88 Å². The standard InChI is InChI=1S/C7H8N2O3S2/c8-2-3-9-7(10)6-5(1-4-13-6)14(9,11)12/h1,4H,2-3,8H2. The van der Waals surface area contributed by atoms with Gasteiger partial charge in [-0.05, 0) is 11.4 Å². The molecule has 0 bridgehead atoms. The predicted molar refractivity (Wildman–Crippen MR) is 51.6 cm³/mol. The first-order chi connectivity index (χ1) is 6.59. The van der Waals surface area contributed by atoms with E-state index >= 15 is 0 Å². The third kappa shape index (κ3) is 1.09. The molecule has 1 amide bonds. The van der Waals surface area contributed by atoms with Gasteiger partial charge in [0.2, 0.25) is 0 Å². The number of thiophene rings is 1. The molecule has 1 aromatic rings. The van der Waals surface area contributed by atoms with Crippen molar-refractivity contribution in [2.24, 2.45) is 5.73 Å². The summed E-state index contributed by atoms with van der Waals surface area (Å²) in [5, 5.41) is 1.60. The molecule has 2 heterocycles. The molecule has 7 heteroatoms. The smallest absolute Gasteiger partial charge is 0.279 e. The Balaban J connectivity index is 2.55. The van der Waals surface area contributed by atoms with Crippen LogP contribution in [0, 0.1) is 0 Å². The Morgan fingerprint density at radius 1 is 1.50 bits per heavy atom. The van der Waals surface area contributed by atoms with E-state index in [9.17, 15) is 13.2 Å². The molecular formula is C7H8N2O3S2. The van der Waals surface area contributed by atoms with E-state index < -0.39 is 15.9 Å². The SMILES string of the molecule is NCCN1C(=O)c2sccc2S1(=O)=O. The van der Waals surface area contributed by atoms with Crippen molar-refractivity contribution in [1.29, 1.82) is 0 Å². The molecule has 1 aliphatic heterocycles. The molecule has 0 saturated carbocycles. The monoisotopic (exact) mass is 232 g/mol. The van der Waals surface area contributed by atoms with Crippen molar-refractivity contribution < 1.29 is 13.2 Å². The average Bonchev–Trinajstić information content (AvgIpc) is 2.66. The molecule has 2 rings (SSSR count). The number of hydrogen-bond donors (Lipinski definition) is 1. The lowest BCUT2D eigenvalue weighted by Gasteiger charge is -2.12. The third-order valence-electron chi connectivity index (χ3n) is 1.95. The number of hydrogen-bond acceptors (Lipinski definition) is 5. The minimum Gasteiger partial charge on any atom is -0.329 e. The predicted octanol–water partition coefficient (Wildman–Crippen LogP) is -0.149. The number of sulfonamides is 1. The zero-order chi connectivity index (χ0) is 10.3. The van der Waals surface area contributed by atoms with Crippen LogP contribution in [0.25, 0.3) is 0 Å². The van der Waals surface area contributed by atoms with Crippen molar-refractivity contribution in [2.45, 2.75) is 4.90 Å². The van der Waals surface area contributed by atoms with Crippen LogP contribution in [0.4, 0.5) is 0 Å². The van der Waals surface area contributed by atoms with Crippen molar-refractivity contribution in [2.75, 3.05) is 13.1 Å². The van der Waals surface area contributed by atoms with Gasteiger partial charge < -0.3 is 5.73 Å². The molecule has 0 atom stereocenters. The first-order valence-corrected chi connectivity index (χ1v) is 6.25. The maximum atomic E-state index is 11.7. The molecule has 1 aliphatic rings. The topological polar surface area (TPSA) is 80.5 Å². The molecule has 0 aromatic carbocycles. The molecule has 0 unspecified atom stereocenters. The lowest BCUT2D eigenvalue weighted by atomic mass is 10.4. The van der Waals surface area contributed by atoms with Crippen LogP contribution in [0.2, 0.25) is 0 Å². The van der Waals surface area contributed by atoms with Crippen molar-refractivity contribution in [3.63, 3.8) is 0 Å². The van der Waals surface area contributed by atoms with E-state index in [1.165, 1.54) is 6.07 Å². The molecule has 76 valence electrons. The van der Waals surface area contributed by atoms with Gasteiger partial charge in [0.1, 0.15) is 9.77 Å². The Bertz CT molecular complexity index is 477. The van der Waals surface area contributed by atoms with Gasteiger partial charge in [-0.2, -0.15) is 0 Å². The summed E-state index contributed by atoms with van der Waals surface area (Å²) in [6.07, 6.45) is 0. The molecule has 0 spiro atoms. The van der Waals surface area contributed by atoms with Crippen LogP contribution in [0.1, 0.15) is 9.67 Å². The van der Waals surface area contributed by atoms with Gasteiger partial charge >= 0.3 is 0 Å². The highest BCUT2D eigenvalue weighted by Gasteiger charge is 2.41. The van der Waals surface area contributed by atoms with Crippen LogP contribution >= 0.6 is 11.3 Å². The highest BCUT2D eigenvalue weighted by atomic mass is 32.2. The number of nitrogens with two attached hydrogens (primary N) is 1. The van der Waals surface area contributed by atoms with Gasteiger partial charge in [0, 0.05) is 13.1 Å². The quantitative estimate of drug-likeness (QED) is 0.769. The first kappa shape index (κ1) is 9.63. The molecule has 0 saturated heterocycles. The molecule has 14 heavy (non-hydrogen) atoms. The number of carbonyl (C=O) groups excluding carboxylic acids is 1. The first-order valence-electron chi connectivity index (χ1n) is 3.93. The number of nitrogens with zero attached hydrogens (tertiary/aromatic N) is 1. The fourth-order valence-electron chi connectivity index (χ4n) is 1.34. The fourth-order valence-corrected chi connectivity index (χ4v) is 4.13. The summed E-state index contributed by atoms with van der Waals surface area (Å²) < 4.78 is 24.2. The average molecular weight is 232 g/mol. The van der Waals surface area contributed by atoms with Crippen molar-refractivity contribution in [3.8, 4) is 0 Å². The number of amides is 1. The lowest BCUT2D eigenvalue weighted by Crippen LogP contribution is -2.34. The van der Waals surface area contributed by atoms with E-state index in [4.69, 9.17) is 5.73 Å². The van der Waals surface area contributed by atoms with Gasteiger partial charge in [0.15, 0.2) is 0 Å². The van der Waals surface area contributed by atoms with E-state index in [1.54, 1.807) is 5.38 Å². The number of carbonyl (C=O) groups is 1. The number of rotatable bonds is 2. The lowest BCUT2D eigenvalue weighted by molar-refractivity contribution is 0.0877. The molecule has 2 N–H and O–H groups in total.